The third-order valence-electron chi connectivity index (χ3n) is 5.85. The number of anilines is 1. The van der Waals surface area contributed by atoms with E-state index in [9.17, 15) is 24.6 Å². The van der Waals surface area contributed by atoms with Gasteiger partial charge in [0.15, 0.2) is 0 Å². The third kappa shape index (κ3) is 5.44. The molecule has 0 bridgehead atoms. The number of nitrogens with one attached hydrogen (secondary N) is 2. The lowest BCUT2D eigenvalue weighted by atomic mass is 9.84. The molecule has 0 aromatic heterocycles. The van der Waals surface area contributed by atoms with Crippen LogP contribution in [-0.4, -0.2) is 58.8 Å². The summed E-state index contributed by atoms with van der Waals surface area (Å²) in [6, 6.07) is 9.69. The first-order valence-corrected chi connectivity index (χ1v) is 11.4. The summed E-state index contributed by atoms with van der Waals surface area (Å²) in [7, 11) is 1.98. The van der Waals surface area contributed by atoms with Gasteiger partial charge in [-0.25, -0.2) is 14.4 Å². The van der Waals surface area contributed by atoms with Gasteiger partial charge in [-0.15, -0.1) is 0 Å². The van der Waals surface area contributed by atoms with Crippen molar-refractivity contribution in [2.24, 2.45) is 5.73 Å². The van der Waals surface area contributed by atoms with Gasteiger partial charge >= 0.3 is 18.0 Å². The largest absolute Gasteiger partial charge is 0.479 e. The number of carbonyl (C=O) groups is 3. The highest BCUT2D eigenvalue weighted by Gasteiger charge is 2.47. The molecule has 0 saturated heterocycles. The Kier molecular flexibility index (Phi) is 8.04. The number of hydrogen-bond donors (Lipinski definition) is 5. The first kappa shape index (κ1) is 25.8. The van der Waals surface area contributed by atoms with Crippen LogP contribution in [0.3, 0.4) is 0 Å². The molecule has 2 aromatic rings. The van der Waals surface area contributed by atoms with Gasteiger partial charge in [-0.1, -0.05) is 35.3 Å². The smallest absolute Gasteiger partial charge is 0.341 e. The number of nitrogens with two attached hydrogens (primary N) is 1. The molecule has 0 saturated carbocycles. The normalized spacial score (nSPS) is 15.9. The maximum Gasteiger partial charge on any atom is 0.341 e. The van der Waals surface area contributed by atoms with Crippen molar-refractivity contribution in [2.45, 2.75) is 30.8 Å². The number of carbonyl (C=O) groups excluding carboxylic acids is 1. The number of hydrogen-bond acceptors (Lipinski definition) is 5. The third-order valence-corrected chi connectivity index (χ3v) is 6.41. The van der Waals surface area contributed by atoms with E-state index in [2.05, 4.69) is 15.5 Å². The molecule has 182 valence electrons. The van der Waals surface area contributed by atoms with E-state index in [1.807, 2.05) is 19.2 Å². The van der Waals surface area contributed by atoms with E-state index in [-0.39, 0.29) is 25.3 Å². The average molecular weight is 509 g/mol. The lowest BCUT2D eigenvalue weighted by Gasteiger charge is -2.33. The minimum atomic E-state index is -2.49. The van der Waals surface area contributed by atoms with Crippen molar-refractivity contribution in [3.05, 3.63) is 63.1 Å². The molecule has 34 heavy (non-hydrogen) atoms. The van der Waals surface area contributed by atoms with Gasteiger partial charge in [0.25, 0.3) is 0 Å². The Morgan fingerprint density at radius 3 is 2.53 bits per heavy atom. The van der Waals surface area contributed by atoms with Crippen LogP contribution < -0.4 is 16.4 Å². The molecule has 2 aromatic carbocycles. The summed E-state index contributed by atoms with van der Waals surface area (Å²) < 4.78 is 0. The molecule has 0 fully saturated rings. The fraction of sp³-hybridized carbons (Fsp3) is 0.348. The quantitative estimate of drug-likeness (QED) is 0.343. The Morgan fingerprint density at radius 1 is 1.18 bits per heavy atom. The van der Waals surface area contributed by atoms with Crippen LogP contribution in [0.25, 0.3) is 0 Å². The molecular formula is C23H26Cl2N4O5. The number of likely N-dealkylation sites (N-methyl/N-ethyl adjacent to an activating group) is 1. The van der Waals surface area contributed by atoms with E-state index in [1.54, 1.807) is 24.3 Å². The summed E-state index contributed by atoms with van der Waals surface area (Å²) in [5.74, 6) is -3.42. The number of amides is 2. The zero-order chi connectivity index (χ0) is 25.0. The topological polar surface area (TPSA) is 145 Å². The second-order valence-corrected chi connectivity index (χ2v) is 9.16. The van der Waals surface area contributed by atoms with Crippen LogP contribution in [0.15, 0.2) is 36.4 Å². The summed E-state index contributed by atoms with van der Waals surface area (Å²) in [5, 5.41) is 24.8. The highest BCUT2D eigenvalue weighted by molar-refractivity contribution is 6.35. The Bertz CT molecular complexity index is 1100. The van der Waals surface area contributed by atoms with Crippen molar-refractivity contribution >= 4 is 46.9 Å². The molecule has 0 aliphatic carbocycles. The van der Waals surface area contributed by atoms with Crippen LogP contribution in [0.2, 0.25) is 10.0 Å². The van der Waals surface area contributed by atoms with E-state index in [1.165, 1.54) is 0 Å². The molecule has 6 N–H and O–H groups in total. The molecule has 1 heterocycles. The highest BCUT2D eigenvalue weighted by Crippen LogP contribution is 2.38. The van der Waals surface area contributed by atoms with Gasteiger partial charge in [0.2, 0.25) is 5.54 Å². The van der Waals surface area contributed by atoms with Crippen LogP contribution in [-0.2, 0) is 16.1 Å². The van der Waals surface area contributed by atoms with Crippen LogP contribution in [0.1, 0.15) is 35.4 Å². The van der Waals surface area contributed by atoms with Gasteiger partial charge < -0.3 is 31.5 Å². The molecule has 9 nitrogen and oxygen atoms in total. The number of carboxylic acid groups (broad SMARTS) is 2. The minimum Gasteiger partial charge on any atom is -0.479 e. The molecule has 2 amide bonds. The SMILES string of the molecule is CN1Cc2c(Cl)cc(Cl)cc2C(c2cccc(NC(=O)NC(CCCN)(C(=O)O)C(=O)O)c2)C1. The predicted molar refractivity (Wildman–Crippen MR) is 130 cm³/mol. The second-order valence-electron chi connectivity index (χ2n) is 8.32. The van der Waals surface area contributed by atoms with Gasteiger partial charge in [0.1, 0.15) is 0 Å². The van der Waals surface area contributed by atoms with E-state index in [0.717, 1.165) is 16.7 Å². The number of benzene rings is 2. The standard InChI is InChI=1S/C23H26Cl2N4O5/c1-29-11-17(16-9-14(24)10-19(25)18(16)12-29)13-4-2-5-15(8-13)27-22(34)28-23(20(30)31,21(32)33)6-3-7-26/h2,4-5,8-10,17H,3,6-7,11-12,26H2,1H3,(H,30,31)(H,32,33)(H2,27,28,34). The molecule has 1 aliphatic rings. The van der Waals surface area contributed by atoms with E-state index < -0.39 is 23.5 Å². The van der Waals surface area contributed by atoms with E-state index >= 15 is 0 Å². The maximum atomic E-state index is 12.6. The zero-order valence-corrected chi connectivity index (χ0v) is 20.0. The number of rotatable bonds is 8. The maximum absolute atomic E-state index is 12.6. The van der Waals surface area contributed by atoms with E-state index in [4.69, 9.17) is 28.9 Å². The summed E-state index contributed by atoms with van der Waals surface area (Å²) in [4.78, 5) is 38.2. The fourth-order valence-electron chi connectivity index (χ4n) is 4.16. The van der Waals surface area contributed by atoms with Crippen LogP contribution in [0.5, 0.6) is 0 Å². The first-order chi connectivity index (χ1) is 16.1. The number of carboxylic acids is 2. The van der Waals surface area contributed by atoms with Crippen molar-refractivity contribution in [3.63, 3.8) is 0 Å². The molecule has 11 heteroatoms. The average Bonchev–Trinajstić information content (AvgIpc) is 2.76. The van der Waals surface area contributed by atoms with Crippen molar-refractivity contribution in [1.29, 1.82) is 0 Å². The summed E-state index contributed by atoms with van der Waals surface area (Å²) in [5.41, 5.74) is 6.16. The monoisotopic (exact) mass is 508 g/mol. The van der Waals surface area contributed by atoms with Gasteiger partial charge in [-0.05, 0) is 67.4 Å². The fourth-order valence-corrected chi connectivity index (χ4v) is 4.73. The summed E-state index contributed by atoms with van der Waals surface area (Å²) in [6.45, 7) is 1.45. The van der Waals surface area contributed by atoms with Gasteiger partial charge in [0.05, 0.1) is 0 Å². The zero-order valence-electron chi connectivity index (χ0n) is 18.5. The number of halogens is 2. The second kappa shape index (κ2) is 10.6. The number of aliphatic carboxylic acids is 2. The van der Waals surface area contributed by atoms with Crippen molar-refractivity contribution in [2.75, 3.05) is 25.5 Å². The van der Waals surface area contributed by atoms with Crippen LogP contribution in [0, 0.1) is 0 Å². The minimum absolute atomic E-state index is 0.0727. The molecule has 3 rings (SSSR count). The van der Waals surface area contributed by atoms with Crippen LogP contribution >= 0.6 is 23.2 Å². The Morgan fingerprint density at radius 2 is 1.88 bits per heavy atom. The summed E-state index contributed by atoms with van der Waals surface area (Å²) >= 11 is 12.7. The highest BCUT2D eigenvalue weighted by atomic mass is 35.5. The number of fused-ring (bicyclic) bond motifs is 1. The lowest BCUT2D eigenvalue weighted by Crippen LogP contribution is -2.61. The van der Waals surface area contributed by atoms with Crippen molar-refractivity contribution < 1.29 is 24.6 Å². The Hall–Kier alpha value is -2.85. The molecule has 1 unspecified atom stereocenters. The molecule has 0 radical (unpaired) electrons. The Balaban J connectivity index is 1.86. The predicted octanol–water partition coefficient (Wildman–Crippen LogP) is 3.34. The van der Waals surface area contributed by atoms with Crippen LogP contribution in [0.4, 0.5) is 10.5 Å². The number of urea groups is 1. The molecule has 1 aliphatic heterocycles. The van der Waals surface area contributed by atoms with Gasteiger partial charge in [0, 0.05) is 34.7 Å². The lowest BCUT2D eigenvalue weighted by molar-refractivity contribution is -0.158. The molecule has 1 atom stereocenters. The molecule has 0 spiro atoms. The molecular weight excluding hydrogens is 483 g/mol. The van der Waals surface area contributed by atoms with Gasteiger partial charge in [-0.3, -0.25) is 0 Å². The number of nitrogens with zero attached hydrogens (tertiary/aromatic N) is 1. The van der Waals surface area contributed by atoms with Gasteiger partial charge in [-0.2, -0.15) is 0 Å². The van der Waals surface area contributed by atoms with Crippen molar-refractivity contribution in [3.8, 4) is 0 Å². The Labute approximate surface area is 206 Å². The summed E-state index contributed by atoms with van der Waals surface area (Å²) in [6.07, 6.45) is -0.248. The van der Waals surface area contributed by atoms with Crippen molar-refractivity contribution in [1.82, 2.24) is 10.2 Å². The van der Waals surface area contributed by atoms with E-state index in [0.29, 0.717) is 28.8 Å². The first-order valence-electron chi connectivity index (χ1n) is 10.6.